The minimum atomic E-state index is 0.466. The zero-order valence-electron chi connectivity index (χ0n) is 7.98. The molecule has 0 bridgehead atoms. The first-order valence-corrected chi connectivity index (χ1v) is 4.43. The second-order valence-corrected chi connectivity index (χ2v) is 2.89. The number of hydrazone groups is 1. The molecule has 0 saturated carbocycles. The largest absolute Gasteiger partial charge is 0.364 e. The van der Waals surface area contributed by atoms with Crippen molar-refractivity contribution in [2.75, 3.05) is 7.05 Å². The van der Waals surface area contributed by atoms with Crippen LogP contribution in [0.5, 0.6) is 0 Å². The molecule has 0 unspecified atom stereocenters. The maximum atomic E-state index is 4.86. The molecular weight excluding hydrogens is 198 g/mol. The molecule has 0 radical (unpaired) electrons. The monoisotopic (exact) mass is 209 g/mol. The highest BCUT2D eigenvalue weighted by atomic mass is 32.1. The Hall–Kier alpha value is -1.56. The Morgan fingerprint density at radius 3 is 2.86 bits per heavy atom. The van der Waals surface area contributed by atoms with Gasteiger partial charge in [0.25, 0.3) is 0 Å². The van der Waals surface area contributed by atoms with Crippen LogP contribution in [0.4, 0.5) is 0 Å². The highest BCUT2D eigenvalue weighted by Crippen LogP contribution is 1.92. The third-order valence-corrected chi connectivity index (χ3v) is 1.78. The summed E-state index contributed by atoms with van der Waals surface area (Å²) in [6.45, 7) is 1.83. The number of hydrogen-bond acceptors (Lipinski definition) is 4. The molecular formula is C8H11N5S. The molecule has 0 aliphatic rings. The molecule has 0 fully saturated rings. The van der Waals surface area contributed by atoms with Gasteiger partial charge in [0.1, 0.15) is 5.69 Å². The lowest BCUT2D eigenvalue weighted by molar-refractivity contribution is 0.970. The molecule has 2 N–H and O–H groups in total. The second-order valence-electron chi connectivity index (χ2n) is 2.48. The van der Waals surface area contributed by atoms with Crippen molar-refractivity contribution in [3.63, 3.8) is 0 Å². The molecule has 6 heteroatoms. The molecule has 1 aromatic heterocycles. The predicted octanol–water partition coefficient (Wildman–Crippen LogP) is 0.294. The SMILES string of the molecule is CNC(=S)N/N=C(/C)c1cnccn1. The number of nitrogens with one attached hydrogen (secondary N) is 2. The number of nitrogens with zero attached hydrogens (tertiary/aromatic N) is 3. The van der Waals surface area contributed by atoms with E-state index in [1.54, 1.807) is 25.6 Å². The van der Waals surface area contributed by atoms with Crippen LogP contribution in [0, 0.1) is 0 Å². The van der Waals surface area contributed by atoms with Crippen molar-refractivity contribution >= 4 is 23.0 Å². The van der Waals surface area contributed by atoms with Crippen LogP contribution in [0.1, 0.15) is 12.6 Å². The van der Waals surface area contributed by atoms with E-state index in [1.807, 2.05) is 6.92 Å². The van der Waals surface area contributed by atoms with Gasteiger partial charge in [-0.25, -0.2) is 0 Å². The van der Waals surface area contributed by atoms with Crippen molar-refractivity contribution in [3.8, 4) is 0 Å². The Balaban J connectivity index is 2.66. The fourth-order valence-electron chi connectivity index (χ4n) is 0.734. The average molecular weight is 209 g/mol. The van der Waals surface area contributed by atoms with E-state index in [0.717, 1.165) is 11.4 Å². The molecule has 0 aliphatic heterocycles. The molecule has 0 aliphatic carbocycles. The smallest absolute Gasteiger partial charge is 0.186 e. The molecule has 74 valence electrons. The highest BCUT2D eigenvalue weighted by Gasteiger charge is 1.97. The number of aromatic nitrogens is 2. The van der Waals surface area contributed by atoms with E-state index in [1.165, 1.54) is 0 Å². The summed E-state index contributed by atoms with van der Waals surface area (Å²) in [6.07, 6.45) is 4.87. The summed E-state index contributed by atoms with van der Waals surface area (Å²) >= 11 is 4.86. The Labute approximate surface area is 87.7 Å². The normalized spacial score (nSPS) is 10.9. The van der Waals surface area contributed by atoms with E-state index in [2.05, 4.69) is 25.8 Å². The van der Waals surface area contributed by atoms with Crippen LogP contribution in [0.25, 0.3) is 0 Å². The van der Waals surface area contributed by atoms with Crippen LogP contribution >= 0.6 is 12.2 Å². The topological polar surface area (TPSA) is 62.2 Å². The quantitative estimate of drug-likeness (QED) is 0.416. The molecule has 0 spiro atoms. The summed E-state index contributed by atoms with van der Waals surface area (Å²) in [7, 11) is 1.72. The zero-order chi connectivity index (χ0) is 10.4. The third-order valence-electron chi connectivity index (χ3n) is 1.49. The van der Waals surface area contributed by atoms with Crippen molar-refractivity contribution in [2.45, 2.75) is 6.92 Å². The van der Waals surface area contributed by atoms with Gasteiger partial charge in [-0.2, -0.15) is 5.10 Å². The lowest BCUT2D eigenvalue weighted by Crippen LogP contribution is -2.29. The van der Waals surface area contributed by atoms with Crippen molar-refractivity contribution in [2.24, 2.45) is 5.10 Å². The van der Waals surface area contributed by atoms with Crippen LogP contribution in [-0.4, -0.2) is 27.8 Å². The average Bonchev–Trinajstić information content (AvgIpc) is 2.26. The summed E-state index contributed by atoms with van der Waals surface area (Å²) < 4.78 is 0. The fourth-order valence-corrected chi connectivity index (χ4v) is 0.779. The van der Waals surface area contributed by atoms with E-state index < -0.39 is 0 Å². The second kappa shape index (κ2) is 5.23. The van der Waals surface area contributed by atoms with Crippen LogP contribution < -0.4 is 10.7 Å². The molecule has 0 saturated heterocycles. The first-order chi connectivity index (χ1) is 6.74. The lowest BCUT2D eigenvalue weighted by Gasteiger charge is -2.02. The Kier molecular flexibility index (Phi) is 3.93. The van der Waals surface area contributed by atoms with Crippen LogP contribution in [0.3, 0.4) is 0 Å². The van der Waals surface area contributed by atoms with E-state index in [9.17, 15) is 0 Å². The van der Waals surface area contributed by atoms with Crippen molar-refractivity contribution in [1.82, 2.24) is 20.7 Å². The Morgan fingerprint density at radius 2 is 2.29 bits per heavy atom. The summed E-state index contributed by atoms with van der Waals surface area (Å²) in [5.74, 6) is 0. The molecule has 0 aromatic carbocycles. The number of thiocarbonyl (C=S) groups is 1. The predicted molar refractivity (Wildman–Crippen MR) is 59.0 cm³/mol. The minimum Gasteiger partial charge on any atom is -0.364 e. The summed E-state index contributed by atoms with van der Waals surface area (Å²) in [5.41, 5.74) is 4.12. The Morgan fingerprint density at radius 1 is 1.50 bits per heavy atom. The maximum absolute atomic E-state index is 4.86. The van der Waals surface area contributed by atoms with E-state index in [4.69, 9.17) is 12.2 Å². The summed E-state index contributed by atoms with van der Waals surface area (Å²) in [4.78, 5) is 8.02. The van der Waals surface area contributed by atoms with E-state index >= 15 is 0 Å². The van der Waals surface area contributed by atoms with Crippen LogP contribution in [0.2, 0.25) is 0 Å². The van der Waals surface area contributed by atoms with Crippen molar-refractivity contribution in [3.05, 3.63) is 24.3 Å². The van der Waals surface area contributed by atoms with E-state index in [0.29, 0.717) is 5.11 Å². The van der Waals surface area contributed by atoms with Crippen molar-refractivity contribution in [1.29, 1.82) is 0 Å². The Bertz CT molecular complexity index is 335. The van der Waals surface area contributed by atoms with Gasteiger partial charge in [-0.05, 0) is 19.1 Å². The van der Waals surface area contributed by atoms with Crippen molar-refractivity contribution < 1.29 is 0 Å². The van der Waals surface area contributed by atoms with Gasteiger partial charge in [0, 0.05) is 19.4 Å². The highest BCUT2D eigenvalue weighted by molar-refractivity contribution is 7.80. The first kappa shape index (κ1) is 10.5. The van der Waals surface area contributed by atoms with Crippen LogP contribution in [0.15, 0.2) is 23.7 Å². The van der Waals surface area contributed by atoms with Gasteiger partial charge in [-0.15, -0.1) is 0 Å². The van der Waals surface area contributed by atoms with Gasteiger partial charge in [0.2, 0.25) is 0 Å². The number of hydrogen-bond donors (Lipinski definition) is 2. The molecule has 5 nitrogen and oxygen atoms in total. The molecule has 1 heterocycles. The molecule has 0 amide bonds. The molecule has 0 atom stereocenters. The van der Waals surface area contributed by atoms with Crippen LogP contribution in [-0.2, 0) is 0 Å². The molecule has 1 rings (SSSR count). The van der Waals surface area contributed by atoms with E-state index in [-0.39, 0.29) is 0 Å². The van der Waals surface area contributed by atoms with Gasteiger partial charge >= 0.3 is 0 Å². The number of rotatable bonds is 2. The first-order valence-electron chi connectivity index (χ1n) is 4.02. The van der Waals surface area contributed by atoms with Gasteiger partial charge in [-0.1, -0.05) is 0 Å². The molecule has 14 heavy (non-hydrogen) atoms. The van der Waals surface area contributed by atoms with Gasteiger partial charge in [0.15, 0.2) is 5.11 Å². The summed E-state index contributed by atoms with van der Waals surface area (Å²) in [5, 5.41) is 7.24. The maximum Gasteiger partial charge on any atom is 0.186 e. The van der Waals surface area contributed by atoms with Gasteiger partial charge < -0.3 is 5.32 Å². The lowest BCUT2D eigenvalue weighted by atomic mass is 10.3. The fraction of sp³-hybridized carbons (Fsp3) is 0.250. The minimum absolute atomic E-state index is 0.466. The zero-order valence-corrected chi connectivity index (χ0v) is 8.80. The molecule has 1 aromatic rings. The van der Waals surface area contributed by atoms with Gasteiger partial charge in [0.05, 0.1) is 11.9 Å². The third kappa shape index (κ3) is 3.06. The van der Waals surface area contributed by atoms with Gasteiger partial charge in [-0.3, -0.25) is 15.4 Å². The standard InChI is InChI=1S/C8H11N5S/c1-6(12-13-8(14)9-2)7-5-10-3-4-11-7/h3-5H,1-2H3,(H2,9,13,14)/b12-6-. The summed E-state index contributed by atoms with van der Waals surface area (Å²) in [6, 6.07) is 0.